The molecule has 0 saturated carbocycles. The lowest BCUT2D eigenvalue weighted by molar-refractivity contribution is 0.173. The van der Waals surface area contributed by atoms with Gasteiger partial charge in [-0.15, -0.1) is 0 Å². The van der Waals surface area contributed by atoms with Crippen LogP contribution in [-0.2, 0) is 105 Å². The van der Waals surface area contributed by atoms with Gasteiger partial charge in [-0.3, -0.25) is 13.7 Å². The number of benzene rings is 3. The number of unbranched alkanes of at least 4 members (excludes halogenated alkanes) is 3. The van der Waals surface area contributed by atoms with Gasteiger partial charge in [0.15, 0.2) is 0 Å². The lowest BCUT2D eigenvalue weighted by Crippen LogP contribution is -2.38. The van der Waals surface area contributed by atoms with Crippen molar-refractivity contribution < 1.29 is 50.5 Å². The van der Waals surface area contributed by atoms with Gasteiger partial charge >= 0.3 is 30.3 Å². The average molecular weight is 1120 g/mol. The van der Waals surface area contributed by atoms with Crippen molar-refractivity contribution in [1.29, 1.82) is 0 Å². The maximum atomic E-state index is 15.8. The zero-order valence-electron chi connectivity index (χ0n) is 49.2. The molecule has 0 unspecified atom stereocenters. The first-order valence-electron chi connectivity index (χ1n) is 27.2. The smallest absolute Gasteiger partial charge is 0.507 e. The van der Waals surface area contributed by atoms with Crippen molar-refractivity contribution in [2.45, 2.75) is 254 Å². The summed E-state index contributed by atoms with van der Waals surface area (Å²) in [4.78, 5) is 0. The second-order valence-corrected chi connectivity index (χ2v) is 38.0. The summed E-state index contributed by atoms with van der Waals surface area (Å²) in [5.41, 5.74) is 6.67. The second kappa shape index (κ2) is 23.0. The summed E-state index contributed by atoms with van der Waals surface area (Å²) in [6.07, 6.45) is 6.72. The fourth-order valence-electron chi connectivity index (χ4n) is 10.5. The van der Waals surface area contributed by atoms with Crippen LogP contribution in [-0.4, -0.2) is 45.6 Å². The Morgan fingerprint density at radius 1 is 0.459 bits per heavy atom. The molecule has 2 saturated heterocycles. The topological polar surface area (TPSA) is 167 Å². The Bertz CT molecular complexity index is 2520. The van der Waals surface area contributed by atoms with E-state index >= 15 is 4.57 Å². The molecule has 2 aliphatic heterocycles. The van der Waals surface area contributed by atoms with Gasteiger partial charge in [-0.05, 0) is 121 Å². The molecule has 74 heavy (non-hydrogen) atoms. The number of phenols is 3. The van der Waals surface area contributed by atoms with Crippen LogP contribution in [0, 0.1) is 0 Å². The van der Waals surface area contributed by atoms with Gasteiger partial charge in [0.2, 0.25) is 0 Å². The third kappa shape index (κ3) is 14.9. The third-order valence-electron chi connectivity index (χ3n) is 14.1. The predicted molar refractivity (Wildman–Crippen MR) is 304 cm³/mol. The summed E-state index contributed by atoms with van der Waals surface area (Å²) in [6.45, 7) is 43.2. The molecule has 12 nitrogen and oxygen atoms in total. The Hall–Kier alpha value is -1.43. The lowest BCUT2D eigenvalue weighted by Gasteiger charge is -2.38. The monoisotopic (exact) mass is 1120 g/mol. The molecule has 0 atom stereocenters. The summed E-state index contributed by atoms with van der Waals surface area (Å²) in [7, 11) is -12.1. The summed E-state index contributed by atoms with van der Waals surface area (Å²) < 4.78 is 82.8. The van der Waals surface area contributed by atoms with E-state index in [1.807, 2.05) is 80.5 Å². The van der Waals surface area contributed by atoms with Crippen molar-refractivity contribution in [2.24, 2.45) is 0 Å². The van der Waals surface area contributed by atoms with E-state index < -0.39 is 85.6 Å². The van der Waals surface area contributed by atoms with Crippen LogP contribution in [0.4, 0.5) is 0 Å². The minimum Gasteiger partial charge on any atom is -0.507 e. The highest BCUT2D eigenvalue weighted by molar-refractivity contribution is 7.61. The molecule has 0 aliphatic carbocycles. The van der Waals surface area contributed by atoms with Gasteiger partial charge in [0.1, 0.15) is 17.2 Å². The lowest BCUT2D eigenvalue weighted by atomic mass is 9.75. The van der Waals surface area contributed by atoms with Crippen molar-refractivity contribution in [2.75, 3.05) is 0 Å². The number of hydrogen-bond donors (Lipinski definition) is 3. The maximum Gasteiger partial charge on any atom is 0.926 e. The molecule has 17 heteroatoms. The minimum atomic E-state index is -4.43. The van der Waals surface area contributed by atoms with Crippen LogP contribution in [0.3, 0.4) is 0 Å². The van der Waals surface area contributed by atoms with Crippen molar-refractivity contribution in [3.05, 3.63) is 85.0 Å². The second-order valence-electron chi connectivity index (χ2n) is 27.2. The predicted octanol–water partition coefficient (Wildman–Crippen LogP) is 17.2. The Balaban J connectivity index is 1.58. The first-order valence-corrected chi connectivity index (χ1v) is 35.2. The summed E-state index contributed by atoms with van der Waals surface area (Å²) in [6, 6.07) is 5.76. The Morgan fingerprint density at radius 3 is 0.959 bits per heavy atom. The molecule has 3 aromatic carbocycles. The molecule has 5 rings (SSSR count). The van der Waals surface area contributed by atoms with Crippen molar-refractivity contribution >= 4 is 53.1 Å². The van der Waals surface area contributed by atoms with E-state index in [0.29, 0.717) is 30.4 Å². The summed E-state index contributed by atoms with van der Waals surface area (Å²) in [5, 5.41) is 35.7. The fraction of sp³-hybridized carbons (Fsp3) is 0.684. The van der Waals surface area contributed by atoms with Gasteiger partial charge in [-0.1, -0.05) is 183 Å². The van der Waals surface area contributed by atoms with Gasteiger partial charge in [0.25, 0.3) is 22.8 Å². The molecule has 0 amide bonds. The van der Waals surface area contributed by atoms with Gasteiger partial charge < -0.3 is 36.8 Å². The van der Waals surface area contributed by atoms with Crippen LogP contribution >= 0.6 is 22.8 Å². The SMILES string of the molecule is CCCCc1c(CP2(=O)[O][Al]([O]P(=O)(Cc3cc(C(C)(C)C)c(O)c(C(C)(C)C)c3CCCC)[O][Al]3[O]P(=O)(Cc4cc(C(C)(C)C)c(O)c(C(C)(C)C)c4CCCC)[O]3)[O]2)cc(C(C)(C)C)c(O)c1C(C)(C)C. The van der Waals surface area contributed by atoms with Crippen LogP contribution in [0.1, 0.15) is 251 Å². The summed E-state index contributed by atoms with van der Waals surface area (Å²) >= 11 is -6.89. The standard InChI is InChI=1S/3C19H33O4P.2Al/c3*1-8-9-10-14-13(12-24(21,22)23)11-15(18(2,3)4)17(20)16(14)19(5,6)7;;/h3*11,20H,8-10,12H2,1-7H3,(H2,21,22,23);;/q;;;2*+3/p-6. The Labute approximate surface area is 457 Å². The van der Waals surface area contributed by atoms with E-state index in [9.17, 15) is 24.4 Å². The van der Waals surface area contributed by atoms with E-state index in [4.69, 9.17) is 21.5 Å². The number of phenolic OH excluding ortho intramolecular Hbond substituents is 3. The number of rotatable bonds is 19. The Kier molecular flexibility index (Phi) is 19.7. The first kappa shape index (κ1) is 63.4. The van der Waals surface area contributed by atoms with E-state index in [2.05, 4.69) is 83.1 Å². The highest BCUT2D eigenvalue weighted by Gasteiger charge is 2.63. The van der Waals surface area contributed by atoms with Crippen LogP contribution in [0.15, 0.2) is 18.2 Å². The van der Waals surface area contributed by atoms with Crippen LogP contribution < -0.4 is 0 Å². The quantitative estimate of drug-likeness (QED) is 0.0769. The van der Waals surface area contributed by atoms with Crippen LogP contribution in [0.5, 0.6) is 17.2 Å². The molecule has 0 spiro atoms. The number of hydrogen-bond acceptors (Lipinski definition) is 12. The molecule has 0 bridgehead atoms. The zero-order valence-corrected chi connectivity index (χ0v) is 54.2. The van der Waals surface area contributed by atoms with E-state index in [1.165, 1.54) is 0 Å². The molecule has 414 valence electrons. The first-order chi connectivity index (χ1) is 33.6. The van der Waals surface area contributed by atoms with Crippen LogP contribution in [0.2, 0.25) is 0 Å². The molecule has 2 aliphatic rings. The normalized spacial score (nSPS) is 16.7. The molecule has 0 radical (unpaired) electrons. The molecule has 3 N–H and O–H groups in total. The van der Waals surface area contributed by atoms with Gasteiger partial charge in [0, 0.05) is 16.7 Å². The van der Waals surface area contributed by atoms with E-state index in [-0.39, 0.29) is 35.7 Å². The zero-order chi connectivity index (χ0) is 56.2. The number of aromatic hydroxyl groups is 3. The fourth-order valence-corrected chi connectivity index (χ4v) is 23.5. The van der Waals surface area contributed by atoms with Gasteiger partial charge in [-0.25, -0.2) is 0 Å². The highest BCUT2D eigenvalue weighted by atomic mass is 31.2. The molecule has 3 aromatic rings. The molecule has 0 aromatic heterocycles. The third-order valence-corrected chi connectivity index (χ3v) is 28.1. The van der Waals surface area contributed by atoms with Gasteiger partial charge in [-0.2, -0.15) is 0 Å². The maximum absolute atomic E-state index is 15.8. The highest BCUT2D eigenvalue weighted by Crippen LogP contribution is 2.69. The summed E-state index contributed by atoms with van der Waals surface area (Å²) in [5.74, 6) is 0.696. The molecular formula is C57H93Al2O12P3. The van der Waals surface area contributed by atoms with Crippen molar-refractivity contribution in [1.82, 2.24) is 0 Å². The van der Waals surface area contributed by atoms with Gasteiger partial charge in [0.05, 0.1) is 18.5 Å². The van der Waals surface area contributed by atoms with E-state index in [1.54, 1.807) is 0 Å². The molecular weight excluding hydrogens is 1020 g/mol. The van der Waals surface area contributed by atoms with Crippen molar-refractivity contribution in [3.8, 4) is 17.2 Å². The largest absolute Gasteiger partial charge is 0.926 e. The minimum absolute atomic E-state index is 0.0718. The Morgan fingerprint density at radius 2 is 0.716 bits per heavy atom. The van der Waals surface area contributed by atoms with Crippen molar-refractivity contribution in [3.63, 3.8) is 0 Å². The molecule has 2 fully saturated rings. The van der Waals surface area contributed by atoms with Crippen LogP contribution in [0.25, 0.3) is 0 Å². The average Bonchev–Trinajstić information content (AvgIpc) is 3.19. The molecule has 2 heterocycles. The van der Waals surface area contributed by atoms with E-state index in [0.717, 1.165) is 94.2 Å².